The van der Waals surface area contributed by atoms with E-state index in [1.807, 2.05) is 0 Å². The molecule has 0 atom stereocenters. The molecule has 0 unspecified atom stereocenters. The van der Waals surface area contributed by atoms with Crippen LogP contribution in [0.1, 0.15) is 16.7 Å². The third-order valence-corrected chi connectivity index (χ3v) is 11.3. The van der Waals surface area contributed by atoms with Crippen molar-refractivity contribution in [3.63, 3.8) is 0 Å². The van der Waals surface area contributed by atoms with E-state index in [2.05, 4.69) is 229 Å². The summed E-state index contributed by atoms with van der Waals surface area (Å²) in [7, 11) is 0. The fourth-order valence-electron chi connectivity index (χ4n) is 8.38. The first-order chi connectivity index (χ1) is 28.8. The van der Waals surface area contributed by atoms with Gasteiger partial charge in [-0.25, -0.2) is 0 Å². The molecule has 0 saturated carbocycles. The second-order valence-electron chi connectivity index (χ2n) is 14.8. The number of hydrogen-bond donors (Lipinski definition) is 0. The number of para-hydroxylation sites is 2. The van der Waals surface area contributed by atoms with E-state index in [0.717, 1.165) is 67.8 Å². The molecule has 0 aliphatic carbocycles. The van der Waals surface area contributed by atoms with Crippen LogP contribution in [-0.4, -0.2) is 0 Å². The zero-order valence-corrected chi connectivity index (χ0v) is 32.1. The Morgan fingerprint density at radius 2 is 1.03 bits per heavy atom. The molecule has 0 aromatic heterocycles. The van der Waals surface area contributed by atoms with E-state index in [1.165, 1.54) is 33.4 Å². The highest BCUT2D eigenvalue weighted by molar-refractivity contribution is 5.99. The first-order valence-electron chi connectivity index (χ1n) is 20.0. The number of ether oxygens (including phenoxy) is 1. The fraction of sp³-hybridized carbons (Fsp3) is 0.0357. The molecule has 9 aromatic rings. The highest BCUT2D eigenvalue weighted by Gasteiger charge is 2.20. The SMILES string of the molecule is C1=Cc2ccccc2COc2c(ccc3ccccc23)-c2cc(-c3ccc(N(c4ccccc4)c4ccccc4-c4ccccc4)cc3)ccc2-c2ccccc2C1. The van der Waals surface area contributed by atoms with Crippen LogP contribution >= 0.6 is 0 Å². The molecule has 0 spiro atoms. The van der Waals surface area contributed by atoms with Crippen LogP contribution in [0.5, 0.6) is 5.75 Å². The quantitative estimate of drug-likeness (QED) is 0.174. The van der Waals surface area contributed by atoms with Gasteiger partial charge in [-0.1, -0.05) is 182 Å². The van der Waals surface area contributed by atoms with E-state index < -0.39 is 0 Å². The summed E-state index contributed by atoms with van der Waals surface area (Å²) in [5.74, 6) is 0.901. The molecule has 0 fully saturated rings. The Bertz CT molecular complexity index is 2910. The molecule has 1 heterocycles. The predicted octanol–water partition coefficient (Wildman–Crippen LogP) is 15.1. The summed E-state index contributed by atoms with van der Waals surface area (Å²) in [6, 6.07) is 76.3. The molecule has 0 radical (unpaired) electrons. The summed E-state index contributed by atoms with van der Waals surface area (Å²) < 4.78 is 6.96. The van der Waals surface area contributed by atoms with Gasteiger partial charge in [0.2, 0.25) is 0 Å². The molecule has 0 bridgehead atoms. The van der Waals surface area contributed by atoms with Crippen LogP contribution < -0.4 is 9.64 Å². The lowest BCUT2D eigenvalue weighted by molar-refractivity contribution is 0.311. The monoisotopic (exact) mass is 743 g/mol. The van der Waals surface area contributed by atoms with Crippen LogP contribution in [-0.2, 0) is 13.0 Å². The summed E-state index contributed by atoms with van der Waals surface area (Å²) in [5.41, 5.74) is 16.3. The summed E-state index contributed by atoms with van der Waals surface area (Å²) in [4.78, 5) is 2.36. The standard InChI is InChI=1S/C56H41NO/c1-3-17-43(18-4-1)50-27-13-14-29-55(50)57(47-24-5-2-6-25-47)48-34-30-41(31-35-48)45-33-36-52-49-26-11-9-19-42(49)23-15-22-40-16-7-8-21-46(40)39-58-56-51-28-12-10-20-44(51)32-37-53(56)54(52)38-45/h1-22,24-38H,23,39H2. The molecule has 1 aliphatic heterocycles. The van der Waals surface area contributed by atoms with Gasteiger partial charge in [0.25, 0.3) is 0 Å². The van der Waals surface area contributed by atoms with Gasteiger partial charge in [0.15, 0.2) is 0 Å². The average Bonchev–Trinajstić information content (AvgIpc) is 3.30. The van der Waals surface area contributed by atoms with Gasteiger partial charge in [0.1, 0.15) is 12.4 Å². The minimum Gasteiger partial charge on any atom is -0.488 e. The van der Waals surface area contributed by atoms with Crippen LogP contribution in [0.2, 0.25) is 0 Å². The third kappa shape index (κ3) is 6.76. The van der Waals surface area contributed by atoms with Gasteiger partial charge in [-0.2, -0.15) is 0 Å². The smallest absolute Gasteiger partial charge is 0.135 e. The lowest BCUT2D eigenvalue weighted by Crippen LogP contribution is -2.11. The second kappa shape index (κ2) is 15.6. The Balaban J connectivity index is 1.12. The summed E-state index contributed by atoms with van der Waals surface area (Å²) in [6.07, 6.45) is 5.35. The summed E-state index contributed by atoms with van der Waals surface area (Å²) >= 11 is 0. The maximum absolute atomic E-state index is 6.96. The predicted molar refractivity (Wildman–Crippen MR) is 244 cm³/mol. The number of hydrogen-bond acceptors (Lipinski definition) is 2. The van der Waals surface area contributed by atoms with E-state index in [0.29, 0.717) is 6.61 Å². The minimum absolute atomic E-state index is 0.469. The summed E-state index contributed by atoms with van der Waals surface area (Å²) in [5, 5.41) is 2.26. The molecular formula is C56H41NO. The summed E-state index contributed by atoms with van der Waals surface area (Å²) in [6.45, 7) is 0.469. The van der Waals surface area contributed by atoms with Crippen LogP contribution in [0.4, 0.5) is 17.1 Å². The zero-order chi connectivity index (χ0) is 38.7. The van der Waals surface area contributed by atoms with Gasteiger partial charge in [0, 0.05) is 27.9 Å². The molecule has 1 aliphatic rings. The van der Waals surface area contributed by atoms with Gasteiger partial charge >= 0.3 is 0 Å². The largest absolute Gasteiger partial charge is 0.488 e. The molecular weight excluding hydrogens is 703 g/mol. The van der Waals surface area contributed by atoms with Gasteiger partial charge in [0.05, 0.1) is 5.69 Å². The molecule has 0 saturated heterocycles. The number of allylic oxidation sites excluding steroid dienone is 1. The Hall–Kier alpha value is -7.42. The van der Waals surface area contributed by atoms with Crippen molar-refractivity contribution in [2.24, 2.45) is 0 Å². The van der Waals surface area contributed by atoms with Gasteiger partial charge in [-0.15, -0.1) is 0 Å². The minimum atomic E-state index is 0.469. The van der Waals surface area contributed by atoms with Crippen LogP contribution in [0.3, 0.4) is 0 Å². The normalized spacial score (nSPS) is 12.1. The molecule has 10 rings (SSSR count). The maximum atomic E-state index is 6.96. The van der Waals surface area contributed by atoms with Gasteiger partial charge < -0.3 is 9.64 Å². The number of rotatable bonds is 5. The third-order valence-electron chi connectivity index (χ3n) is 11.3. The maximum Gasteiger partial charge on any atom is 0.135 e. The molecule has 0 N–H and O–H groups in total. The number of benzene rings is 9. The molecule has 2 heteroatoms. The van der Waals surface area contributed by atoms with Crippen molar-refractivity contribution in [3.05, 3.63) is 235 Å². The number of fused-ring (bicyclic) bond motifs is 8. The highest BCUT2D eigenvalue weighted by atomic mass is 16.5. The lowest BCUT2D eigenvalue weighted by Gasteiger charge is -2.28. The van der Waals surface area contributed by atoms with Crippen molar-refractivity contribution in [2.75, 3.05) is 4.90 Å². The van der Waals surface area contributed by atoms with Crippen molar-refractivity contribution in [1.82, 2.24) is 0 Å². The topological polar surface area (TPSA) is 12.5 Å². The van der Waals surface area contributed by atoms with E-state index in [9.17, 15) is 0 Å². The van der Waals surface area contributed by atoms with E-state index >= 15 is 0 Å². The van der Waals surface area contributed by atoms with Crippen molar-refractivity contribution in [3.8, 4) is 50.3 Å². The van der Waals surface area contributed by atoms with Crippen LogP contribution in [0, 0.1) is 0 Å². The second-order valence-corrected chi connectivity index (χ2v) is 14.8. The van der Waals surface area contributed by atoms with Crippen LogP contribution in [0.15, 0.2) is 218 Å². The Morgan fingerprint density at radius 3 is 1.88 bits per heavy atom. The van der Waals surface area contributed by atoms with Gasteiger partial charge in [-0.3, -0.25) is 0 Å². The van der Waals surface area contributed by atoms with Crippen molar-refractivity contribution in [1.29, 1.82) is 0 Å². The fourth-order valence-corrected chi connectivity index (χ4v) is 8.38. The van der Waals surface area contributed by atoms with E-state index in [1.54, 1.807) is 0 Å². The van der Waals surface area contributed by atoms with Crippen molar-refractivity contribution >= 4 is 33.9 Å². The lowest BCUT2D eigenvalue weighted by atomic mass is 9.87. The van der Waals surface area contributed by atoms with Crippen LogP contribution in [0.25, 0.3) is 61.4 Å². The average molecular weight is 744 g/mol. The van der Waals surface area contributed by atoms with Gasteiger partial charge in [-0.05, 0) is 104 Å². The number of nitrogens with zero attached hydrogens (tertiary/aromatic N) is 1. The Labute approximate surface area is 340 Å². The number of anilines is 3. The molecule has 9 aromatic carbocycles. The van der Waals surface area contributed by atoms with E-state index in [4.69, 9.17) is 4.74 Å². The zero-order valence-electron chi connectivity index (χ0n) is 32.1. The van der Waals surface area contributed by atoms with E-state index in [-0.39, 0.29) is 0 Å². The first kappa shape index (κ1) is 35.0. The Morgan fingerprint density at radius 1 is 0.397 bits per heavy atom. The molecule has 58 heavy (non-hydrogen) atoms. The highest BCUT2D eigenvalue weighted by Crippen LogP contribution is 2.45. The van der Waals surface area contributed by atoms with Crippen molar-refractivity contribution in [2.45, 2.75) is 13.0 Å². The first-order valence-corrected chi connectivity index (χ1v) is 20.0. The molecule has 2 nitrogen and oxygen atoms in total. The molecule has 276 valence electrons. The van der Waals surface area contributed by atoms with Crippen molar-refractivity contribution < 1.29 is 4.74 Å². The molecule has 0 amide bonds. The Kier molecular flexibility index (Phi) is 9.43.